The molecule has 450 valence electrons. The van der Waals surface area contributed by atoms with E-state index in [-0.39, 0.29) is 59.5 Å². The molecule has 9 rings (SSSR count). The summed E-state index contributed by atoms with van der Waals surface area (Å²) in [5.41, 5.74) is 22.8. The fourth-order valence-electron chi connectivity index (χ4n) is 11.3. The highest BCUT2D eigenvalue weighted by molar-refractivity contribution is 6.30. The molecule has 0 radical (unpaired) electrons. The average molecular weight is 1180 g/mol. The standard InChI is InChI=1S/C37H44N6O4.C32H37ClN4O2/c1-46-33-22-30(34(47-2)29-17-10-9-16-28(29)33)35(44)41-23-27-19-21-43(36(45)32(42-27)18-11-20-40-37(38)39)24-31(25-12-5-3-6-13-25)26-14-7-4-8-15-26;33-27-16-13-24(14-17-27)15-18-31(38)35-22-28-19-21-37(32(39)30(36-28)12-7-20-34)23-29(25-8-3-1-4-9-25)26-10-5-2-6-11-26/h3-10,12-17,22,27,31-32,42H,11,18-21,23-24H2,1-2H3,(H,41,44)(H4,38,39,40);1-6,8-11,13-18,28-30,36H,7,12,19-23,34H2,(H,35,38)/b;18-15+/t27-,32-;28-,30-/m00/s1. The molecule has 2 aliphatic rings. The van der Waals surface area contributed by atoms with E-state index < -0.39 is 6.04 Å². The maximum atomic E-state index is 14.1. The van der Waals surface area contributed by atoms with Crippen LogP contribution in [0.25, 0.3) is 16.8 Å². The van der Waals surface area contributed by atoms with Gasteiger partial charge in [-0.1, -0.05) is 169 Å². The number of methoxy groups -OCH3 is 2. The molecule has 86 heavy (non-hydrogen) atoms. The molecule has 0 bridgehead atoms. The van der Waals surface area contributed by atoms with Gasteiger partial charge < -0.3 is 57.7 Å². The van der Waals surface area contributed by atoms with Crippen molar-refractivity contribution in [1.82, 2.24) is 31.1 Å². The van der Waals surface area contributed by atoms with Crippen LogP contribution in [-0.4, -0.2) is 130 Å². The predicted molar refractivity (Wildman–Crippen MR) is 344 cm³/mol. The molecule has 10 N–H and O–H groups in total. The zero-order valence-electron chi connectivity index (χ0n) is 49.2. The first-order valence-electron chi connectivity index (χ1n) is 29.6. The fraction of sp³-hybridized carbons (Fsp3) is 0.319. The highest BCUT2D eigenvalue weighted by Gasteiger charge is 2.35. The van der Waals surface area contributed by atoms with Crippen LogP contribution in [0.15, 0.2) is 187 Å². The number of amides is 4. The van der Waals surface area contributed by atoms with E-state index >= 15 is 0 Å². The maximum absolute atomic E-state index is 14.1. The van der Waals surface area contributed by atoms with Crippen molar-refractivity contribution in [3.63, 3.8) is 0 Å². The number of hydrogen-bond acceptors (Lipinski definition) is 10. The van der Waals surface area contributed by atoms with Gasteiger partial charge in [0, 0.05) is 91.6 Å². The molecular formula is C69H81ClN10O6. The molecule has 4 amide bonds. The van der Waals surface area contributed by atoms with Gasteiger partial charge in [0.05, 0.1) is 31.9 Å². The number of benzene rings is 7. The SMILES string of the molecule is COc1cc(C(=O)NC[C@@H]2CCN(CC(c3ccccc3)c3ccccc3)C(=O)[C@H](CCCN=C(N)N)N2)c(OC)c2ccccc12.NCCC[C@@H]1N[C@H](CNC(=O)/C=C/c2ccc(Cl)cc2)CCN(CC(c2ccccc2)c2ccccc2)C1=O. The second-order valence-electron chi connectivity index (χ2n) is 21.7. The Labute approximate surface area is 510 Å². The third-order valence-corrected chi connectivity index (χ3v) is 16.1. The van der Waals surface area contributed by atoms with Crippen LogP contribution in [0.4, 0.5) is 0 Å². The lowest BCUT2D eigenvalue weighted by molar-refractivity contribution is -0.133. The lowest BCUT2D eigenvalue weighted by atomic mass is 9.90. The van der Waals surface area contributed by atoms with Crippen molar-refractivity contribution >= 4 is 58.0 Å². The van der Waals surface area contributed by atoms with Crippen LogP contribution in [0, 0.1) is 0 Å². The Morgan fingerprint density at radius 2 is 1.10 bits per heavy atom. The van der Waals surface area contributed by atoms with E-state index in [9.17, 15) is 19.2 Å². The zero-order valence-corrected chi connectivity index (χ0v) is 49.9. The van der Waals surface area contributed by atoms with Gasteiger partial charge in [-0.25, -0.2) is 0 Å². The second-order valence-corrected chi connectivity index (χ2v) is 22.1. The number of guanidine groups is 1. The van der Waals surface area contributed by atoms with Crippen LogP contribution in [0.1, 0.15) is 88.5 Å². The Balaban J connectivity index is 0.000000227. The van der Waals surface area contributed by atoms with Crippen molar-refractivity contribution in [1.29, 1.82) is 0 Å². The lowest BCUT2D eigenvalue weighted by Gasteiger charge is -2.29. The summed E-state index contributed by atoms with van der Waals surface area (Å²) in [6, 6.07) is 57.0. The van der Waals surface area contributed by atoms with Crippen molar-refractivity contribution in [3.05, 3.63) is 220 Å². The van der Waals surface area contributed by atoms with Crippen LogP contribution in [0.3, 0.4) is 0 Å². The number of rotatable bonds is 24. The number of carbonyl (C=O) groups excluding carboxylic acids is 4. The summed E-state index contributed by atoms with van der Waals surface area (Å²) >= 11 is 5.93. The fourth-order valence-corrected chi connectivity index (χ4v) is 11.4. The topological polar surface area (TPSA) is 232 Å². The molecular weight excluding hydrogens is 1100 g/mol. The first-order valence-corrected chi connectivity index (χ1v) is 30.0. The van der Waals surface area contributed by atoms with E-state index in [1.807, 2.05) is 119 Å². The highest BCUT2D eigenvalue weighted by Crippen LogP contribution is 2.37. The van der Waals surface area contributed by atoms with Gasteiger partial charge >= 0.3 is 0 Å². The number of nitrogens with two attached hydrogens (primary N) is 3. The molecule has 0 spiro atoms. The third-order valence-electron chi connectivity index (χ3n) is 15.8. The van der Waals surface area contributed by atoms with E-state index in [2.05, 4.69) is 74.8 Å². The first kappa shape index (κ1) is 63.5. The molecule has 2 aliphatic heterocycles. The lowest BCUT2D eigenvalue weighted by Crippen LogP contribution is -2.49. The van der Waals surface area contributed by atoms with Crippen molar-refractivity contribution in [3.8, 4) is 11.5 Å². The number of nitrogens with zero attached hydrogens (tertiary/aromatic N) is 3. The summed E-state index contributed by atoms with van der Waals surface area (Å²) in [7, 11) is 3.14. The minimum absolute atomic E-state index is 0.00948. The molecule has 0 aliphatic carbocycles. The molecule has 7 aromatic carbocycles. The number of halogens is 1. The van der Waals surface area contributed by atoms with Crippen LogP contribution in [-0.2, 0) is 14.4 Å². The Morgan fingerprint density at radius 3 is 1.57 bits per heavy atom. The van der Waals surface area contributed by atoms with Crippen LogP contribution < -0.4 is 47.9 Å². The molecule has 2 saturated heterocycles. The molecule has 0 unspecified atom stereocenters. The number of fused-ring (bicyclic) bond motifs is 1. The summed E-state index contributed by atoms with van der Waals surface area (Å²) in [5.74, 6) is 0.853. The monoisotopic (exact) mass is 1180 g/mol. The van der Waals surface area contributed by atoms with E-state index in [1.54, 1.807) is 38.5 Å². The van der Waals surface area contributed by atoms with Crippen molar-refractivity contribution in [2.45, 2.75) is 74.5 Å². The molecule has 17 heteroatoms. The Morgan fingerprint density at radius 1 is 0.640 bits per heavy atom. The Hall–Kier alpha value is -8.54. The third kappa shape index (κ3) is 18.0. The van der Waals surface area contributed by atoms with E-state index in [0.29, 0.717) is 100 Å². The van der Waals surface area contributed by atoms with Crippen LogP contribution in [0.2, 0.25) is 5.02 Å². The van der Waals surface area contributed by atoms with Crippen LogP contribution >= 0.6 is 11.6 Å². The molecule has 4 atom stereocenters. The molecule has 16 nitrogen and oxygen atoms in total. The van der Waals surface area contributed by atoms with Gasteiger partial charge in [-0.3, -0.25) is 24.2 Å². The normalized spacial score (nSPS) is 17.1. The summed E-state index contributed by atoms with van der Waals surface area (Å²) in [4.78, 5) is 62.0. The van der Waals surface area contributed by atoms with Gasteiger partial charge in [0.1, 0.15) is 11.5 Å². The largest absolute Gasteiger partial charge is 0.496 e. The summed E-state index contributed by atoms with van der Waals surface area (Å²) in [6.45, 7) is 3.99. The molecule has 0 saturated carbocycles. The van der Waals surface area contributed by atoms with Gasteiger partial charge in [0.15, 0.2) is 5.96 Å². The number of hydrogen-bond donors (Lipinski definition) is 7. The van der Waals surface area contributed by atoms with Crippen molar-refractivity contribution in [2.75, 3.05) is 66.6 Å². The van der Waals surface area contributed by atoms with E-state index in [1.165, 1.54) is 17.2 Å². The van der Waals surface area contributed by atoms with Gasteiger partial charge in [-0.05, 0) is 97.2 Å². The van der Waals surface area contributed by atoms with E-state index in [4.69, 9.17) is 38.3 Å². The average Bonchev–Trinajstić information content (AvgIpc) is 1.62. The first-order chi connectivity index (χ1) is 41.9. The zero-order chi connectivity index (χ0) is 60.6. The number of ether oxygens (including phenoxy) is 2. The smallest absolute Gasteiger partial charge is 0.255 e. The minimum Gasteiger partial charge on any atom is -0.496 e. The Kier molecular flexibility index (Phi) is 24.1. The number of nitrogens with one attached hydrogen (secondary N) is 4. The maximum Gasteiger partial charge on any atom is 0.255 e. The molecule has 0 aromatic heterocycles. The summed E-state index contributed by atoms with van der Waals surface area (Å²) in [6.07, 6.45) is 7.27. The number of aliphatic imine (C=N–C) groups is 1. The predicted octanol–water partition coefficient (Wildman–Crippen LogP) is 8.63. The van der Waals surface area contributed by atoms with Crippen LogP contribution in [0.5, 0.6) is 11.5 Å². The Bertz CT molecular complexity index is 3260. The molecule has 7 aromatic rings. The quantitative estimate of drug-likeness (QED) is 0.0131. The van der Waals surface area contributed by atoms with Gasteiger partial charge in [-0.2, -0.15) is 0 Å². The second kappa shape index (κ2) is 32.7. The van der Waals surface area contributed by atoms with Crippen molar-refractivity contribution in [2.24, 2.45) is 22.2 Å². The van der Waals surface area contributed by atoms with Gasteiger partial charge in [0.25, 0.3) is 5.91 Å². The van der Waals surface area contributed by atoms with Gasteiger partial charge in [-0.15, -0.1) is 0 Å². The summed E-state index contributed by atoms with van der Waals surface area (Å²) in [5, 5.41) is 15.5. The molecule has 2 heterocycles. The minimum atomic E-state index is -0.462. The van der Waals surface area contributed by atoms with Gasteiger partial charge in [0.2, 0.25) is 17.7 Å². The van der Waals surface area contributed by atoms with Crippen molar-refractivity contribution < 1.29 is 28.7 Å². The van der Waals surface area contributed by atoms with E-state index in [0.717, 1.165) is 40.3 Å². The number of carbonyl (C=O) groups is 4. The summed E-state index contributed by atoms with van der Waals surface area (Å²) < 4.78 is 11.3. The highest BCUT2D eigenvalue weighted by atomic mass is 35.5. The molecule has 2 fully saturated rings.